The van der Waals surface area contributed by atoms with E-state index in [-0.39, 0.29) is 0 Å². The van der Waals surface area contributed by atoms with Crippen LogP contribution in [0.2, 0.25) is 5.02 Å². The molecule has 1 heterocycles. The molecule has 0 radical (unpaired) electrons. The predicted molar refractivity (Wildman–Crippen MR) is 81.8 cm³/mol. The van der Waals surface area contributed by atoms with E-state index in [4.69, 9.17) is 11.6 Å². The van der Waals surface area contributed by atoms with E-state index in [1.165, 1.54) is 49.9 Å². The number of nitrogens with zero attached hydrogens (tertiary/aromatic N) is 1. The van der Waals surface area contributed by atoms with Gasteiger partial charge in [-0.15, -0.1) is 0 Å². The van der Waals surface area contributed by atoms with E-state index >= 15 is 0 Å². The molecule has 0 aromatic heterocycles. The van der Waals surface area contributed by atoms with E-state index < -0.39 is 0 Å². The molecule has 2 aliphatic rings. The van der Waals surface area contributed by atoms with Crippen LogP contribution in [0.1, 0.15) is 37.7 Å². The Bertz CT molecular complexity index is 435. The predicted octanol–water partition coefficient (Wildman–Crippen LogP) is 5.00. The second-order valence-electron chi connectivity index (χ2n) is 5.50. The molecule has 18 heavy (non-hydrogen) atoms. The van der Waals surface area contributed by atoms with Crippen molar-refractivity contribution in [3.63, 3.8) is 0 Å². The SMILES string of the molecule is Clc1ccc(CBr)c(N2CCCC3CCCC32)c1. The molecule has 3 heteroatoms. The zero-order valence-electron chi connectivity index (χ0n) is 10.5. The van der Waals surface area contributed by atoms with Gasteiger partial charge in [-0.05, 0) is 49.3 Å². The highest BCUT2D eigenvalue weighted by Crippen LogP contribution is 2.41. The first-order valence-electron chi connectivity index (χ1n) is 6.90. The van der Waals surface area contributed by atoms with Crippen molar-refractivity contribution in [2.75, 3.05) is 11.4 Å². The highest BCUT2D eigenvalue weighted by atomic mass is 79.9. The van der Waals surface area contributed by atoms with Crippen LogP contribution in [-0.4, -0.2) is 12.6 Å². The lowest BCUT2D eigenvalue weighted by Crippen LogP contribution is -2.43. The average Bonchev–Trinajstić information content (AvgIpc) is 2.86. The molecule has 1 nitrogen and oxygen atoms in total. The fraction of sp³-hybridized carbons (Fsp3) is 0.600. The zero-order valence-corrected chi connectivity index (χ0v) is 12.9. The van der Waals surface area contributed by atoms with Crippen molar-refractivity contribution in [3.8, 4) is 0 Å². The van der Waals surface area contributed by atoms with Crippen LogP contribution in [-0.2, 0) is 5.33 Å². The van der Waals surface area contributed by atoms with Gasteiger partial charge >= 0.3 is 0 Å². The lowest BCUT2D eigenvalue weighted by atomic mass is 9.91. The normalized spacial score (nSPS) is 27.3. The molecule has 1 aromatic rings. The van der Waals surface area contributed by atoms with Crippen molar-refractivity contribution in [3.05, 3.63) is 28.8 Å². The zero-order chi connectivity index (χ0) is 12.5. The first kappa shape index (κ1) is 12.8. The van der Waals surface area contributed by atoms with Gasteiger partial charge in [0.2, 0.25) is 0 Å². The number of piperidine rings is 1. The fourth-order valence-electron chi connectivity index (χ4n) is 3.67. The molecule has 1 saturated carbocycles. The third-order valence-electron chi connectivity index (χ3n) is 4.49. The second-order valence-corrected chi connectivity index (χ2v) is 6.50. The van der Waals surface area contributed by atoms with E-state index in [1.54, 1.807) is 0 Å². The van der Waals surface area contributed by atoms with Crippen LogP contribution < -0.4 is 4.90 Å². The van der Waals surface area contributed by atoms with Crippen molar-refractivity contribution >= 4 is 33.2 Å². The monoisotopic (exact) mass is 327 g/mol. The van der Waals surface area contributed by atoms with Gasteiger partial charge in [0.25, 0.3) is 0 Å². The highest BCUT2D eigenvalue weighted by Gasteiger charge is 2.35. The number of benzene rings is 1. The Labute approximate surface area is 123 Å². The van der Waals surface area contributed by atoms with E-state index in [0.717, 1.165) is 22.3 Å². The molecule has 0 N–H and O–H groups in total. The summed E-state index contributed by atoms with van der Waals surface area (Å²) in [6, 6.07) is 7.07. The quantitative estimate of drug-likeness (QED) is 0.690. The van der Waals surface area contributed by atoms with Gasteiger partial charge in [-0.1, -0.05) is 40.0 Å². The van der Waals surface area contributed by atoms with Gasteiger partial charge in [0.15, 0.2) is 0 Å². The van der Waals surface area contributed by atoms with Crippen LogP contribution in [0.5, 0.6) is 0 Å². The molecule has 0 spiro atoms. The molecule has 0 bridgehead atoms. The smallest absolute Gasteiger partial charge is 0.0426 e. The Morgan fingerprint density at radius 2 is 2.06 bits per heavy atom. The first-order valence-corrected chi connectivity index (χ1v) is 8.40. The van der Waals surface area contributed by atoms with Crippen molar-refractivity contribution in [2.45, 2.75) is 43.5 Å². The van der Waals surface area contributed by atoms with Gasteiger partial charge in [0.1, 0.15) is 0 Å². The topological polar surface area (TPSA) is 3.24 Å². The maximum absolute atomic E-state index is 6.19. The standard InChI is InChI=1S/C15H19BrClN/c16-10-12-6-7-13(17)9-15(12)18-8-2-4-11-3-1-5-14(11)18/h6-7,9,11,14H,1-5,8,10H2. The number of fused-ring (bicyclic) bond motifs is 1. The number of alkyl halides is 1. The molecular weight excluding hydrogens is 310 g/mol. The third kappa shape index (κ3) is 2.30. The number of anilines is 1. The maximum Gasteiger partial charge on any atom is 0.0426 e. The molecular formula is C15H19BrClN. The van der Waals surface area contributed by atoms with Crippen LogP contribution in [0.4, 0.5) is 5.69 Å². The van der Waals surface area contributed by atoms with Crippen LogP contribution in [0.25, 0.3) is 0 Å². The molecule has 98 valence electrons. The molecule has 2 atom stereocenters. The Hall–Kier alpha value is -0.210. The Morgan fingerprint density at radius 1 is 1.22 bits per heavy atom. The summed E-state index contributed by atoms with van der Waals surface area (Å²) in [4.78, 5) is 2.63. The Kier molecular flexibility index (Phi) is 3.86. The van der Waals surface area contributed by atoms with Gasteiger partial charge in [-0.2, -0.15) is 0 Å². The summed E-state index contributed by atoms with van der Waals surface area (Å²) in [7, 11) is 0. The minimum Gasteiger partial charge on any atom is -0.368 e. The number of hydrogen-bond donors (Lipinski definition) is 0. The van der Waals surface area contributed by atoms with Crippen LogP contribution in [0, 0.1) is 5.92 Å². The molecule has 0 amide bonds. The molecule has 1 aromatic carbocycles. The maximum atomic E-state index is 6.19. The van der Waals surface area contributed by atoms with Gasteiger partial charge in [0.05, 0.1) is 0 Å². The molecule has 3 rings (SSSR count). The largest absolute Gasteiger partial charge is 0.368 e. The highest BCUT2D eigenvalue weighted by molar-refractivity contribution is 9.08. The summed E-state index contributed by atoms with van der Waals surface area (Å²) in [6.45, 7) is 1.20. The molecule has 2 fully saturated rings. The lowest BCUT2D eigenvalue weighted by molar-refractivity contribution is 0.362. The minimum absolute atomic E-state index is 0.759. The summed E-state index contributed by atoms with van der Waals surface area (Å²) >= 11 is 9.80. The summed E-state index contributed by atoms with van der Waals surface area (Å²) < 4.78 is 0. The summed E-state index contributed by atoms with van der Waals surface area (Å²) in [5, 5.41) is 1.77. The van der Waals surface area contributed by atoms with E-state index in [1.807, 2.05) is 6.07 Å². The van der Waals surface area contributed by atoms with Crippen molar-refractivity contribution in [1.82, 2.24) is 0 Å². The van der Waals surface area contributed by atoms with Crippen LogP contribution in [0.3, 0.4) is 0 Å². The molecule has 1 saturated heterocycles. The van der Waals surface area contributed by atoms with E-state index in [2.05, 4.69) is 33.0 Å². The summed E-state index contributed by atoms with van der Waals surface area (Å²) in [5.41, 5.74) is 2.72. The Balaban J connectivity index is 1.95. The lowest BCUT2D eigenvalue weighted by Gasteiger charge is -2.40. The van der Waals surface area contributed by atoms with Crippen molar-refractivity contribution in [2.24, 2.45) is 5.92 Å². The molecule has 1 aliphatic carbocycles. The average molecular weight is 329 g/mol. The van der Waals surface area contributed by atoms with Crippen LogP contribution in [0.15, 0.2) is 18.2 Å². The Morgan fingerprint density at radius 3 is 2.89 bits per heavy atom. The number of rotatable bonds is 2. The van der Waals surface area contributed by atoms with Gasteiger partial charge in [-0.3, -0.25) is 0 Å². The second kappa shape index (κ2) is 5.42. The first-order chi connectivity index (χ1) is 8.79. The molecule has 2 unspecified atom stereocenters. The van der Waals surface area contributed by atoms with E-state index in [0.29, 0.717) is 0 Å². The third-order valence-corrected chi connectivity index (χ3v) is 5.33. The van der Waals surface area contributed by atoms with Gasteiger partial charge < -0.3 is 4.90 Å². The van der Waals surface area contributed by atoms with Crippen LogP contribution >= 0.6 is 27.5 Å². The van der Waals surface area contributed by atoms with Crippen molar-refractivity contribution < 1.29 is 0 Å². The summed E-state index contributed by atoms with van der Waals surface area (Å²) in [6.07, 6.45) is 6.93. The molecule has 1 aliphatic heterocycles. The number of hydrogen-bond acceptors (Lipinski definition) is 1. The van der Waals surface area contributed by atoms with Crippen molar-refractivity contribution in [1.29, 1.82) is 0 Å². The number of halogens is 2. The summed E-state index contributed by atoms with van der Waals surface area (Å²) in [5.74, 6) is 0.918. The van der Waals surface area contributed by atoms with E-state index in [9.17, 15) is 0 Å². The minimum atomic E-state index is 0.759. The van der Waals surface area contributed by atoms with Gasteiger partial charge in [-0.25, -0.2) is 0 Å². The van der Waals surface area contributed by atoms with Gasteiger partial charge in [0, 0.05) is 28.6 Å². The fourth-order valence-corrected chi connectivity index (χ4v) is 4.31.